The Balaban J connectivity index is 1.64. The Kier molecular flexibility index (Phi) is 5.58. The minimum atomic E-state index is 0.416. The fourth-order valence-electron chi connectivity index (χ4n) is 2.36. The molecule has 3 aromatic rings. The molecule has 4 nitrogen and oxygen atoms in total. The molecule has 0 amide bonds. The zero-order chi connectivity index (χ0) is 17.8. The van der Waals surface area contributed by atoms with Gasteiger partial charge >= 0.3 is 0 Å². The molecule has 0 bridgehead atoms. The van der Waals surface area contributed by atoms with Crippen molar-refractivity contribution in [3.63, 3.8) is 0 Å². The van der Waals surface area contributed by atoms with Crippen LogP contribution in [0.25, 0.3) is 0 Å². The van der Waals surface area contributed by atoms with E-state index in [1.165, 1.54) is 11.1 Å². The van der Waals surface area contributed by atoms with Crippen LogP contribution in [0.15, 0.2) is 54.9 Å². The van der Waals surface area contributed by atoms with Crippen LogP contribution in [0.3, 0.4) is 0 Å². The Morgan fingerprint density at radius 3 is 2.72 bits per heavy atom. The normalized spacial score (nSPS) is 10.5. The van der Waals surface area contributed by atoms with Gasteiger partial charge in [0.2, 0.25) is 0 Å². The topological polar surface area (TPSA) is 41.9 Å². The number of rotatable bonds is 4. The third-order valence-electron chi connectivity index (χ3n) is 3.68. The number of nitrogens with one attached hydrogen (secondary N) is 2. The van der Waals surface area contributed by atoms with Crippen molar-refractivity contribution in [3.05, 3.63) is 76.0 Å². The van der Waals surface area contributed by atoms with Crippen molar-refractivity contribution in [1.82, 2.24) is 9.78 Å². The monoisotopic (exact) mass is 390 g/mol. The van der Waals surface area contributed by atoms with Crippen molar-refractivity contribution in [2.75, 3.05) is 10.6 Å². The maximum Gasteiger partial charge on any atom is 0.175 e. The first-order valence-electron chi connectivity index (χ1n) is 7.62. The molecule has 7 heteroatoms. The average Bonchev–Trinajstić information content (AvgIpc) is 3.01. The van der Waals surface area contributed by atoms with E-state index in [9.17, 15) is 0 Å². The van der Waals surface area contributed by atoms with Crippen LogP contribution in [0.1, 0.15) is 11.1 Å². The summed E-state index contributed by atoms with van der Waals surface area (Å²) >= 11 is 17.5. The highest BCUT2D eigenvalue weighted by atomic mass is 35.5. The van der Waals surface area contributed by atoms with Crippen molar-refractivity contribution in [2.45, 2.75) is 13.5 Å². The van der Waals surface area contributed by atoms with Crippen molar-refractivity contribution < 1.29 is 0 Å². The SMILES string of the molecule is Cc1ccccc1Cn1cc(NC(=S)Nc2cccc(Cl)c2Cl)cn1. The lowest BCUT2D eigenvalue weighted by Crippen LogP contribution is -2.19. The van der Waals surface area contributed by atoms with Crippen LogP contribution in [-0.2, 0) is 6.54 Å². The number of anilines is 2. The van der Waals surface area contributed by atoms with Crippen LogP contribution in [-0.4, -0.2) is 14.9 Å². The van der Waals surface area contributed by atoms with Gasteiger partial charge in [0.05, 0.1) is 34.2 Å². The highest BCUT2D eigenvalue weighted by Gasteiger charge is 2.07. The third-order valence-corrected chi connectivity index (χ3v) is 4.71. The first-order valence-corrected chi connectivity index (χ1v) is 8.78. The van der Waals surface area contributed by atoms with Gasteiger partial charge in [-0.1, -0.05) is 53.5 Å². The molecule has 0 atom stereocenters. The molecular formula is C18H16Cl2N4S. The fourth-order valence-corrected chi connectivity index (χ4v) is 2.94. The van der Waals surface area contributed by atoms with E-state index in [4.69, 9.17) is 35.4 Å². The molecule has 0 saturated heterocycles. The Morgan fingerprint density at radius 1 is 1.12 bits per heavy atom. The summed E-state index contributed by atoms with van der Waals surface area (Å²) in [7, 11) is 0. The van der Waals surface area contributed by atoms with Gasteiger partial charge in [-0.05, 0) is 42.4 Å². The zero-order valence-corrected chi connectivity index (χ0v) is 15.8. The second kappa shape index (κ2) is 7.87. The van der Waals surface area contributed by atoms with Crippen LogP contribution < -0.4 is 10.6 Å². The van der Waals surface area contributed by atoms with Gasteiger partial charge < -0.3 is 10.6 Å². The van der Waals surface area contributed by atoms with Gasteiger partial charge in [0, 0.05) is 6.20 Å². The standard InChI is InChI=1S/C18H16Cl2N4S/c1-12-5-2-3-6-13(12)10-24-11-14(9-21-24)22-18(25)23-16-8-4-7-15(19)17(16)20/h2-9,11H,10H2,1H3,(H2,22,23,25). The summed E-state index contributed by atoms with van der Waals surface area (Å²) in [6, 6.07) is 13.6. The molecule has 0 aliphatic heterocycles. The van der Waals surface area contributed by atoms with Gasteiger partial charge in [0.1, 0.15) is 0 Å². The number of halogens is 2. The number of hydrogen-bond donors (Lipinski definition) is 2. The first-order chi connectivity index (χ1) is 12.0. The molecule has 0 fully saturated rings. The van der Waals surface area contributed by atoms with E-state index in [1.54, 1.807) is 18.3 Å². The van der Waals surface area contributed by atoms with Gasteiger partial charge in [0.25, 0.3) is 0 Å². The van der Waals surface area contributed by atoms with Gasteiger partial charge in [0.15, 0.2) is 5.11 Å². The summed E-state index contributed by atoms with van der Waals surface area (Å²) in [5.41, 5.74) is 3.91. The van der Waals surface area contributed by atoms with E-state index < -0.39 is 0 Å². The Morgan fingerprint density at radius 2 is 1.92 bits per heavy atom. The minimum absolute atomic E-state index is 0.416. The van der Waals surface area contributed by atoms with Gasteiger partial charge in [-0.15, -0.1) is 0 Å². The molecule has 0 aliphatic rings. The molecular weight excluding hydrogens is 375 g/mol. The predicted molar refractivity (Wildman–Crippen MR) is 109 cm³/mol. The summed E-state index contributed by atoms with van der Waals surface area (Å²) in [6.07, 6.45) is 3.63. The quantitative estimate of drug-likeness (QED) is 0.588. The first kappa shape index (κ1) is 17.7. The Labute approximate surface area is 161 Å². The van der Waals surface area contributed by atoms with Crippen molar-refractivity contribution >= 4 is 51.9 Å². The fraction of sp³-hybridized carbons (Fsp3) is 0.111. The molecule has 0 aliphatic carbocycles. The van der Waals surface area contributed by atoms with E-state index in [0.29, 0.717) is 27.4 Å². The average molecular weight is 391 g/mol. The lowest BCUT2D eigenvalue weighted by molar-refractivity contribution is 0.684. The molecule has 1 aromatic heterocycles. The minimum Gasteiger partial charge on any atom is -0.331 e. The van der Waals surface area contributed by atoms with Gasteiger partial charge in [-0.3, -0.25) is 4.68 Å². The Bertz CT molecular complexity index is 908. The second-order valence-corrected chi connectivity index (χ2v) is 6.73. The van der Waals surface area contributed by atoms with E-state index in [2.05, 4.69) is 34.8 Å². The van der Waals surface area contributed by atoms with Crippen LogP contribution >= 0.6 is 35.4 Å². The molecule has 0 radical (unpaired) electrons. The molecule has 0 spiro atoms. The number of thiocarbonyl (C=S) groups is 1. The molecule has 128 valence electrons. The number of aromatic nitrogens is 2. The van der Waals surface area contributed by atoms with Crippen molar-refractivity contribution in [1.29, 1.82) is 0 Å². The zero-order valence-electron chi connectivity index (χ0n) is 13.5. The number of nitrogens with zero attached hydrogens (tertiary/aromatic N) is 2. The van der Waals surface area contributed by atoms with Crippen LogP contribution in [0.4, 0.5) is 11.4 Å². The smallest absolute Gasteiger partial charge is 0.175 e. The molecule has 2 N–H and O–H groups in total. The summed E-state index contributed by atoms with van der Waals surface area (Å²) in [4.78, 5) is 0. The Hall–Kier alpha value is -2.08. The lowest BCUT2D eigenvalue weighted by Gasteiger charge is -2.11. The summed E-state index contributed by atoms with van der Waals surface area (Å²) in [5, 5.41) is 11.8. The maximum atomic E-state index is 6.15. The highest BCUT2D eigenvalue weighted by molar-refractivity contribution is 7.80. The lowest BCUT2D eigenvalue weighted by atomic mass is 10.1. The van der Waals surface area contributed by atoms with E-state index in [1.807, 2.05) is 29.1 Å². The van der Waals surface area contributed by atoms with Crippen LogP contribution in [0.5, 0.6) is 0 Å². The molecule has 25 heavy (non-hydrogen) atoms. The van der Waals surface area contributed by atoms with Crippen molar-refractivity contribution in [3.8, 4) is 0 Å². The number of hydrogen-bond acceptors (Lipinski definition) is 2. The van der Waals surface area contributed by atoms with Crippen LogP contribution in [0.2, 0.25) is 10.0 Å². The summed E-state index contributed by atoms with van der Waals surface area (Å²) in [6.45, 7) is 2.79. The predicted octanol–water partition coefficient (Wildman–Crippen LogP) is 5.36. The van der Waals surface area contributed by atoms with E-state index >= 15 is 0 Å². The van der Waals surface area contributed by atoms with Gasteiger partial charge in [-0.2, -0.15) is 5.10 Å². The summed E-state index contributed by atoms with van der Waals surface area (Å²) in [5.74, 6) is 0. The van der Waals surface area contributed by atoms with Gasteiger partial charge in [-0.25, -0.2) is 0 Å². The number of aryl methyl sites for hydroxylation is 1. The largest absolute Gasteiger partial charge is 0.331 e. The summed E-state index contributed by atoms with van der Waals surface area (Å²) < 4.78 is 1.86. The highest BCUT2D eigenvalue weighted by Crippen LogP contribution is 2.29. The van der Waals surface area contributed by atoms with E-state index in [-0.39, 0.29) is 0 Å². The molecule has 0 unspecified atom stereocenters. The van der Waals surface area contributed by atoms with Crippen LogP contribution in [0, 0.1) is 6.92 Å². The van der Waals surface area contributed by atoms with E-state index in [0.717, 1.165) is 5.69 Å². The molecule has 0 saturated carbocycles. The number of benzene rings is 2. The molecule has 1 heterocycles. The third kappa shape index (κ3) is 4.51. The second-order valence-electron chi connectivity index (χ2n) is 5.53. The van der Waals surface area contributed by atoms with Crippen molar-refractivity contribution in [2.24, 2.45) is 0 Å². The molecule has 3 rings (SSSR count). The molecule has 2 aromatic carbocycles. The maximum absolute atomic E-state index is 6.15.